The van der Waals surface area contributed by atoms with E-state index in [1.54, 1.807) is 19.2 Å². The summed E-state index contributed by atoms with van der Waals surface area (Å²) in [5, 5.41) is 6.82. The van der Waals surface area contributed by atoms with Gasteiger partial charge in [0.2, 0.25) is 0 Å². The third-order valence-electron chi connectivity index (χ3n) is 2.11. The van der Waals surface area contributed by atoms with Gasteiger partial charge in [0.15, 0.2) is 5.16 Å². The smallest absolute Gasteiger partial charge is 0.343 e. The van der Waals surface area contributed by atoms with E-state index >= 15 is 0 Å². The lowest BCUT2D eigenvalue weighted by atomic mass is 10.3. The molecule has 0 aliphatic heterocycles. The highest BCUT2D eigenvalue weighted by atomic mass is 32.2. The van der Waals surface area contributed by atoms with Crippen molar-refractivity contribution in [2.75, 3.05) is 11.5 Å². The molecule has 6 nitrogen and oxygen atoms in total. The highest BCUT2D eigenvalue weighted by molar-refractivity contribution is 7.99. The Morgan fingerprint density at radius 2 is 2.12 bits per heavy atom. The van der Waals surface area contributed by atoms with E-state index < -0.39 is 0 Å². The molecule has 0 fully saturated rings. The number of aromatic amines is 1. The minimum atomic E-state index is -0.245. The molecule has 0 bridgehead atoms. The normalized spacial score (nSPS) is 10.6. The Hall–Kier alpha value is -1.89. The molecule has 0 aliphatic carbocycles. The van der Waals surface area contributed by atoms with Crippen molar-refractivity contribution < 1.29 is 0 Å². The molecule has 0 amide bonds. The Bertz CT molecular complexity index is 574. The third-order valence-corrected chi connectivity index (χ3v) is 3.14. The highest BCUT2D eigenvalue weighted by Gasteiger charge is 2.06. The van der Waals surface area contributed by atoms with Gasteiger partial charge in [-0.2, -0.15) is 0 Å². The summed E-state index contributed by atoms with van der Waals surface area (Å²) in [6, 6.07) is 5.30. The fraction of sp³-hybridized carbons (Fsp3) is 0.111. The van der Waals surface area contributed by atoms with E-state index in [1.165, 1.54) is 16.3 Å². The lowest BCUT2D eigenvalue weighted by Crippen LogP contribution is -2.12. The number of aromatic nitrogens is 3. The molecule has 2 aromatic rings. The first-order chi connectivity index (χ1) is 7.58. The minimum Gasteiger partial charge on any atom is -0.397 e. The van der Waals surface area contributed by atoms with Crippen LogP contribution in [0.25, 0.3) is 0 Å². The molecular formula is C9H11N5OS. The summed E-state index contributed by atoms with van der Waals surface area (Å²) in [6.07, 6.45) is 0. The van der Waals surface area contributed by atoms with Gasteiger partial charge >= 0.3 is 5.69 Å². The Kier molecular flexibility index (Phi) is 2.61. The zero-order valence-corrected chi connectivity index (χ0v) is 9.41. The van der Waals surface area contributed by atoms with Gasteiger partial charge in [-0.25, -0.2) is 9.89 Å². The summed E-state index contributed by atoms with van der Waals surface area (Å²) in [4.78, 5) is 12.0. The number of nitrogens with zero attached hydrogens (tertiary/aromatic N) is 2. The number of hydrogen-bond donors (Lipinski definition) is 3. The van der Waals surface area contributed by atoms with Crippen LogP contribution in [0.2, 0.25) is 0 Å². The number of anilines is 2. The summed E-state index contributed by atoms with van der Waals surface area (Å²) in [5.74, 6) is 0. The van der Waals surface area contributed by atoms with Crippen LogP contribution in [-0.2, 0) is 7.05 Å². The molecule has 84 valence electrons. The van der Waals surface area contributed by atoms with Crippen LogP contribution in [0.1, 0.15) is 0 Å². The lowest BCUT2D eigenvalue weighted by molar-refractivity contribution is 0.766. The van der Waals surface area contributed by atoms with Crippen molar-refractivity contribution in [1.29, 1.82) is 0 Å². The SMILES string of the molecule is Cn1c(Sc2ccc(N)c(N)c2)n[nH]c1=O. The molecule has 0 atom stereocenters. The topological polar surface area (TPSA) is 103 Å². The molecule has 0 aliphatic rings. The second-order valence-corrected chi connectivity index (χ2v) is 4.30. The van der Waals surface area contributed by atoms with Gasteiger partial charge in [-0.1, -0.05) is 0 Å². The summed E-state index contributed by atoms with van der Waals surface area (Å²) in [5.41, 5.74) is 12.1. The lowest BCUT2D eigenvalue weighted by Gasteiger charge is -2.03. The van der Waals surface area contributed by atoms with Crippen LogP contribution in [0, 0.1) is 0 Å². The largest absolute Gasteiger partial charge is 0.397 e. The average molecular weight is 237 g/mol. The standard InChI is InChI=1S/C9H11N5OS/c1-14-8(15)12-13-9(14)16-5-2-3-6(10)7(11)4-5/h2-4H,10-11H2,1H3,(H,12,15). The molecule has 0 saturated carbocycles. The van der Waals surface area contributed by atoms with Crippen molar-refractivity contribution in [1.82, 2.24) is 14.8 Å². The molecule has 0 saturated heterocycles. The van der Waals surface area contributed by atoms with Crippen molar-refractivity contribution in [3.8, 4) is 0 Å². The van der Waals surface area contributed by atoms with E-state index in [0.29, 0.717) is 16.5 Å². The summed E-state index contributed by atoms with van der Waals surface area (Å²) >= 11 is 1.34. The molecule has 16 heavy (non-hydrogen) atoms. The maximum absolute atomic E-state index is 11.1. The third kappa shape index (κ3) is 1.89. The molecule has 1 heterocycles. The minimum absolute atomic E-state index is 0.245. The molecule has 7 heteroatoms. The van der Waals surface area contributed by atoms with Gasteiger partial charge in [-0.05, 0) is 30.0 Å². The quantitative estimate of drug-likeness (QED) is 0.657. The van der Waals surface area contributed by atoms with Crippen LogP contribution in [0.5, 0.6) is 0 Å². The zero-order chi connectivity index (χ0) is 11.7. The van der Waals surface area contributed by atoms with Crippen LogP contribution < -0.4 is 17.2 Å². The number of nitrogens with two attached hydrogens (primary N) is 2. The van der Waals surface area contributed by atoms with E-state index in [4.69, 9.17) is 11.5 Å². The molecule has 0 radical (unpaired) electrons. The maximum Gasteiger partial charge on any atom is 0.343 e. The first-order valence-corrected chi connectivity index (χ1v) is 5.34. The van der Waals surface area contributed by atoms with Gasteiger partial charge in [0, 0.05) is 11.9 Å². The molecule has 1 aromatic heterocycles. The second-order valence-electron chi connectivity index (χ2n) is 3.26. The monoisotopic (exact) mass is 237 g/mol. The van der Waals surface area contributed by atoms with E-state index in [-0.39, 0.29) is 5.69 Å². The van der Waals surface area contributed by atoms with E-state index in [1.807, 2.05) is 6.07 Å². The zero-order valence-electron chi connectivity index (χ0n) is 8.60. The Morgan fingerprint density at radius 3 is 2.69 bits per heavy atom. The van der Waals surface area contributed by atoms with Crippen molar-refractivity contribution >= 4 is 23.1 Å². The van der Waals surface area contributed by atoms with Crippen molar-refractivity contribution in [3.63, 3.8) is 0 Å². The molecule has 5 N–H and O–H groups in total. The Morgan fingerprint density at radius 1 is 1.38 bits per heavy atom. The number of rotatable bonds is 2. The van der Waals surface area contributed by atoms with Gasteiger partial charge in [0.05, 0.1) is 11.4 Å². The predicted octanol–water partition coefficient (Wildman–Crippen LogP) is 0.424. The number of benzene rings is 1. The Labute approximate surface area is 95.6 Å². The predicted molar refractivity (Wildman–Crippen MR) is 63.2 cm³/mol. The van der Waals surface area contributed by atoms with Gasteiger partial charge in [-0.15, -0.1) is 5.10 Å². The van der Waals surface area contributed by atoms with Crippen molar-refractivity contribution in [2.45, 2.75) is 10.1 Å². The fourth-order valence-electron chi connectivity index (χ4n) is 1.15. The first kappa shape index (κ1) is 10.6. The van der Waals surface area contributed by atoms with Crippen LogP contribution in [0.4, 0.5) is 11.4 Å². The molecule has 2 rings (SSSR count). The van der Waals surface area contributed by atoms with Crippen LogP contribution in [0.3, 0.4) is 0 Å². The Balaban J connectivity index is 2.31. The van der Waals surface area contributed by atoms with E-state index in [0.717, 1.165) is 4.90 Å². The number of H-pyrrole nitrogens is 1. The highest BCUT2D eigenvalue weighted by Crippen LogP contribution is 2.28. The van der Waals surface area contributed by atoms with Gasteiger partial charge < -0.3 is 11.5 Å². The van der Waals surface area contributed by atoms with Crippen molar-refractivity contribution in [2.24, 2.45) is 7.05 Å². The average Bonchev–Trinajstić information content (AvgIpc) is 2.55. The number of hydrogen-bond acceptors (Lipinski definition) is 5. The molecule has 0 spiro atoms. The van der Waals surface area contributed by atoms with Crippen molar-refractivity contribution in [3.05, 3.63) is 28.7 Å². The summed E-state index contributed by atoms with van der Waals surface area (Å²) in [6.45, 7) is 0. The van der Waals surface area contributed by atoms with Gasteiger partial charge in [0.25, 0.3) is 0 Å². The van der Waals surface area contributed by atoms with E-state index in [2.05, 4.69) is 10.2 Å². The molecular weight excluding hydrogens is 226 g/mol. The fourth-order valence-corrected chi connectivity index (χ4v) is 1.99. The second kappa shape index (κ2) is 3.93. The molecule has 1 aromatic carbocycles. The van der Waals surface area contributed by atoms with Crippen LogP contribution >= 0.6 is 11.8 Å². The number of nitrogens with one attached hydrogen (secondary N) is 1. The summed E-state index contributed by atoms with van der Waals surface area (Å²) in [7, 11) is 1.65. The van der Waals surface area contributed by atoms with E-state index in [9.17, 15) is 4.79 Å². The van der Waals surface area contributed by atoms with Gasteiger partial charge in [-0.3, -0.25) is 4.57 Å². The summed E-state index contributed by atoms with van der Waals surface area (Å²) < 4.78 is 1.43. The number of nitrogen functional groups attached to an aromatic ring is 2. The van der Waals surface area contributed by atoms with Crippen LogP contribution in [-0.4, -0.2) is 14.8 Å². The first-order valence-electron chi connectivity index (χ1n) is 4.52. The van der Waals surface area contributed by atoms with Crippen LogP contribution in [0.15, 0.2) is 33.0 Å². The maximum atomic E-state index is 11.1. The van der Waals surface area contributed by atoms with Gasteiger partial charge in [0.1, 0.15) is 0 Å². The molecule has 0 unspecified atom stereocenters.